The Morgan fingerprint density at radius 2 is 2.33 bits per heavy atom. The highest BCUT2D eigenvalue weighted by Gasteiger charge is 2.03. The van der Waals surface area contributed by atoms with Crippen molar-refractivity contribution in [2.75, 3.05) is 5.73 Å². The van der Waals surface area contributed by atoms with Crippen molar-refractivity contribution in [2.45, 2.75) is 0 Å². The smallest absolute Gasteiger partial charge is 0.301 e. The number of nitriles is 1. The normalized spacial score (nSPS) is 9.92. The largest absolute Gasteiger partial charge is 0.428 e. The molecular formula is C8H5N3O. The first-order valence-electron chi connectivity index (χ1n) is 3.36. The number of fused-ring (bicyclic) bond motifs is 1. The number of anilines is 1. The Hall–Kier alpha value is -2.02. The second-order valence-corrected chi connectivity index (χ2v) is 2.36. The van der Waals surface area contributed by atoms with E-state index in [1.807, 2.05) is 6.07 Å². The number of hydrogen-bond donors (Lipinski definition) is 1. The summed E-state index contributed by atoms with van der Waals surface area (Å²) in [6, 6.07) is 6.89. The van der Waals surface area contributed by atoms with E-state index in [9.17, 15) is 0 Å². The van der Waals surface area contributed by atoms with Crippen molar-refractivity contribution in [1.82, 2.24) is 4.98 Å². The molecule has 0 saturated heterocycles. The maximum Gasteiger partial charge on any atom is 0.301 e. The molecule has 0 aliphatic heterocycles. The Kier molecular flexibility index (Phi) is 1.25. The van der Waals surface area contributed by atoms with Gasteiger partial charge in [0.25, 0.3) is 0 Å². The predicted octanol–water partition coefficient (Wildman–Crippen LogP) is 1.28. The minimum atomic E-state index is 0.0654. The highest BCUT2D eigenvalue weighted by atomic mass is 16.3. The second kappa shape index (κ2) is 2.24. The molecule has 0 saturated carbocycles. The lowest BCUT2D eigenvalue weighted by Gasteiger charge is -1.88. The van der Waals surface area contributed by atoms with Crippen LogP contribution in [0.3, 0.4) is 0 Å². The van der Waals surface area contributed by atoms with Crippen LogP contribution < -0.4 is 5.73 Å². The number of aromatic nitrogens is 1. The lowest BCUT2D eigenvalue weighted by atomic mass is 10.3. The van der Waals surface area contributed by atoms with Crippen LogP contribution >= 0.6 is 0 Å². The number of hydrogen-bond acceptors (Lipinski definition) is 4. The van der Waals surface area contributed by atoms with Crippen molar-refractivity contribution in [3.8, 4) is 6.07 Å². The molecule has 0 atom stereocenters. The first-order valence-corrected chi connectivity index (χ1v) is 3.36. The van der Waals surface area contributed by atoms with Crippen molar-refractivity contribution in [2.24, 2.45) is 0 Å². The van der Waals surface area contributed by atoms with Crippen LogP contribution in [0, 0.1) is 11.3 Å². The van der Waals surface area contributed by atoms with Crippen LogP contribution in [0.2, 0.25) is 0 Å². The van der Waals surface area contributed by atoms with Gasteiger partial charge in [0.05, 0.1) is 0 Å². The van der Waals surface area contributed by atoms with E-state index in [1.54, 1.807) is 18.2 Å². The van der Waals surface area contributed by atoms with Gasteiger partial charge in [-0.3, -0.25) is 0 Å². The average Bonchev–Trinajstić information content (AvgIpc) is 2.46. The van der Waals surface area contributed by atoms with E-state index in [2.05, 4.69) is 4.98 Å². The van der Waals surface area contributed by atoms with Crippen LogP contribution in [0.25, 0.3) is 11.1 Å². The summed E-state index contributed by atoms with van der Waals surface area (Å²) in [5.74, 6) is 0.0654. The fourth-order valence-corrected chi connectivity index (χ4v) is 0.989. The van der Waals surface area contributed by atoms with Crippen LogP contribution in [0.1, 0.15) is 5.89 Å². The van der Waals surface area contributed by atoms with E-state index in [1.165, 1.54) is 0 Å². The Morgan fingerprint density at radius 3 is 3.08 bits per heavy atom. The molecule has 0 aliphatic rings. The molecule has 0 unspecified atom stereocenters. The fraction of sp³-hybridized carbons (Fsp3) is 0. The van der Waals surface area contributed by atoms with Gasteiger partial charge in [0.15, 0.2) is 11.7 Å². The Labute approximate surface area is 68.2 Å². The van der Waals surface area contributed by atoms with E-state index in [-0.39, 0.29) is 5.89 Å². The van der Waals surface area contributed by atoms with Gasteiger partial charge in [0, 0.05) is 11.8 Å². The lowest BCUT2D eigenvalue weighted by molar-refractivity contribution is 0.584. The zero-order valence-corrected chi connectivity index (χ0v) is 6.11. The van der Waals surface area contributed by atoms with Gasteiger partial charge in [-0.1, -0.05) is 0 Å². The van der Waals surface area contributed by atoms with Gasteiger partial charge < -0.3 is 10.2 Å². The lowest BCUT2D eigenvalue weighted by Crippen LogP contribution is -1.81. The number of benzene rings is 1. The highest BCUT2D eigenvalue weighted by molar-refractivity contribution is 5.76. The minimum absolute atomic E-state index is 0.0654. The third-order valence-electron chi connectivity index (χ3n) is 1.51. The molecule has 4 heteroatoms. The summed E-state index contributed by atoms with van der Waals surface area (Å²) >= 11 is 0. The summed E-state index contributed by atoms with van der Waals surface area (Å²) < 4.78 is 5.05. The van der Waals surface area contributed by atoms with Crippen molar-refractivity contribution in [1.29, 1.82) is 5.26 Å². The first kappa shape index (κ1) is 6.68. The number of nitrogen functional groups attached to an aromatic ring is 1. The third-order valence-corrected chi connectivity index (χ3v) is 1.51. The maximum atomic E-state index is 8.47. The van der Waals surface area contributed by atoms with E-state index < -0.39 is 0 Å². The average molecular weight is 159 g/mol. The Morgan fingerprint density at radius 1 is 1.50 bits per heavy atom. The predicted molar refractivity (Wildman–Crippen MR) is 43.1 cm³/mol. The zero-order chi connectivity index (χ0) is 8.55. The fourth-order valence-electron chi connectivity index (χ4n) is 0.989. The second-order valence-electron chi connectivity index (χ2n) is 2.36. The van der Waals surface area contributed by atoms with Crippen LogP contribution in [-0.4, -0.2) is 4.98 Å². The van der Waals surface area contributed by atoms with Crippen molar-refractivity contribution in [3.05, 3.63) is 24.1 Å². The topological polar surface area (TPSA) is 75.8 Å². The summed E-state index contributed by atoms with van der Waals surface area (Å²) in [7, 11) is 0. The summed E-state index contributed by atoms with van der Waals surface area (Å²) in [6.07, 6.45) is 0. The Balaban J connectivity index is 2.77. The van der Waals surface area contributed by atoms with E-state index in [4.69, 9.17) is 15.4 Å². The SMILES string of the molecule is N#Cc1nc2ccc(N)cc2o1. The summed E-state index contributed by atoms with van der Waals surface area (Å²) in [6.45, 7) is 0. The molecule has 1 aromatic heterocycles. The molecule has 0 radical (unpaired) electrons. The van der Waals surface area contributed by atoms with Crippen LogP contribution in [0.5, 0.6) is 0 Å². The molecule has 0 fully saturated rings. The number of nitrogens with zero attached hydrogens (tertiary/aromatic N) is 2. The molecule has 0 aliphatic carbocycles. The molecule has 0 amide bonds. The van der Waals surface area contributed by atoms with Crippen molar-refractivity contribution < 1.29 is 4.42 Å². The highest BCUT2D eigenvalue weighted by Crippen LogP contribution is 2.17. The van der Waals surface area contributed by atoms with Crippen molar-refractivity contribution in [3.63, 3.8) is 0 Å². The molecule has 12 heavy (non-hydrogen) atoms. The monoisotopic (exact) mass is 159 g/mol. The molecular weight excluding hydrogens is 154 g/mol. The van der Waals surface area contributed by atoms with Crippen molar-refractivity contribution >= 4 is 16.8 Å². The van der Waals surface area contributed by atoms with E-state index >= 15 is 0 Å². The van der Waals surface area contributed by atoms with Gasteiger partial charge in [-0.25, -0.2) is 0 Å². The van der Waals surface area contributed by atoms with Gasteiger partial charge in [-0.05, 0) is 12.1 Å². The molecule has 1 heterocycles. The van der Waals surface area contributed by atoms with Gasteiger partial charge in [-0.15, -0.1) is 0 Å². The molecule has 0 spiro atoms. The van der Waals surface area contributed by atoms with Crippen LogP contribution in [0.4, 0.5) is 5.69 Å². The molecule has 2 rings (SSSR count). The summed E-state index contributed by atoms with van der Waals surface area (Å²) in [4.78, 5) is 3.89. The number of oxazole rings is 1. The zero-order valence-electron chi connectivity index (χ0n) is 6.11. The molecule has 2 N–H and O–H groups in total. The quantitative estimate of drug-likeness (QED) is 0.587. The standard InChI is InChI=1S/C8H5N3O/c9-4-8-11-6-2-1-5(10)3-7(6)12-8/h1-3H,10H2. The molecule has 4 nitrogen and oxygen atoms in total. The van der Waals surface area contributed by atoms with Gasteiger partial charge in [-0.2, -0.15) is 10.2 Å². The summed E-state index contributed by atoms with van der Waals surface area (Å²) in [5, 5.41) is 8.47. The molecule has 0 bridgehead atoms. The van der Waals surface area contributed by atoms with E-state index in [0.29, 0.717) is 16.8 Å². The van der Waals surface area contributed by atoms with Gasteiger partial charge in [0.1, 0.15) is 5.52 Å². The van der Waals surface area contributed by atoms with Gasteiger partial charge >= 0.3 is 5.89 Å². The maximum absolute atomic E-state index is 8.47. The summed E-state index contributed by atoms with van der Waals surface area (Å²) in [5.41, 5.74) is 7.31. The minimum Gasteiger partial charge on any atom is -0.428 e. The molecule has 58 valence electrons. The number of nitrogens with two attached hydrogens (primary N) is 1. The van der Waals surface area contributed by atoms with E-state index in [0.717, 1.165) is 0 Å². The van der Waals surface area contributed by atoms with Gasteiger partial charge in [0.2, 0.25) is 0 Å². The third kappa shape index (κ3) is 0.883. The van der Waals surface area contributed by atoms with Crippen LogP contribution in [-0.2, 0) is 0 Å². The Bertz CT molecular complexity index is 467. The molecule has 1 aromatic carbocycles. The number of rotatable bonds is 0. The first-order chi connectivity index (χ1) is 5.79. The van der Waals surface area contributed by atoms with Crippen LogP contribution in [0.15, 0.2) is 22.6 Å². The molecule has 2 aromatic rings.